The van der Waals surface area contributed by atoms with Gasteiger partial charge in [0.05, 0.1) is 10.6 Å². The zero-order valence-corrected chi connectivity index (χ0v) is 13.8. The molecule has 24 heavy (non-hydrogen) atoms. The van der Waals surface area contributed by atoms with Crippen molar-refractivity contribution in [3.8, 4) is 0 Å². The molecule has 1 heterocycles. The van der Waals surface area contributed by atoms with Gasteiger partial charge in [-0.15, -0.1) is 0 Å². The molecule has 2 amide bonds. The van der Waals surface area contributed by atoms with Gasteiger partial charge in [-0.3, -0.25) is 9.59 Å². The predicted molar refractivity (Wildman–Crippen MR) is 89.4 cm³/mol. The Labute approximate surface area is 144 Å². The third-order valence-electron chi connectivity index (χ3n) is 4.13. The Balaban J connectivity index is 2.06. The van der Waals surface area contributed by atoms with Crippen LogP contribution in [-0.2, 0) is 4.79 Å². The number of carbonyl (C=O) groups is 2. The first-order chi connectivity index (χ1) is 11.5. The van der Waals surface area contributed by atoms with Gasteiger partial charge in [0.2, 0.25) is 5.91 Å². The second kappa shape index (κ2) is 6.61. The van der Waals surface area contributed by atoms with E-state index in [-0.39, 0.29) is 23.0 Å². The third kappa shape index (κ3) is 2.87. The first kappa shape index (κ1) is 16.5. The van der Waals surface area contributed by atoms with E-state index in [0.717, 1.165) is 11.1 Å². The Morgan fingerprint density at radius 2 is 2.00 bits per heavy atom. The van der Waals surface area contributed by atoms with Gasteiger partial charge in [-0.25, -0.2) is 4.39 Å². The summed E-state index contributed by atoms with van der Waals surface area (Å²) in [5.41, 5.74) is 1.40. The van der Waals surface area contributed by atoms with E-state index >= 15 is 0 Å². The predicted octanol–water partition coefficient (Wildman–Crippen LogP) is 3.10. The van der Waals surface area contributed by atoms with Crippen LogP contribution < -0.4 is 5.32 Å². The van der Waals surface area contributed by atoms with Crippen molar-refractivity contribution in [2.45, 2.75) is 13.0 Å². The Morgan fingerprint density at radius 3 is 2.71 bits per heavy atom. The van der Waals surface area contributed by atoms with Crippen LogP contribution in [0.5, 0.6) is 0 Å². The van der Waals surface area contributed by atoms with Crippen molar-refractivity contribution < 1.29 is 14.0 Å². The summed E-state index contributed by atoms with van der Waals surface area (Å²) in [6, 6.07) is 10.6. The van der Waals surface area contributed by atoms with Gasteiger partial charge in [-0.2, -0.15) is 0 Å². The minimum Gasteiger partial charge on any atom is -0.352 e. The molecule has 1 unspecified atom stereocenters. The van der Waals surface area contributed by atoms with Gasteiger partial charge in [0.15, 0.2) is 0 Å². The van der Waals surface area contributed by atoms with Crippen LogP contribution in [0.3, 0.4) is 0 Å². The average molecular weight is 347 g/mol. The summed E-state index contributed by atoms with van der Waals surface area (Å²) in [5, 5.41) is 2.80. The van der Waals surface area contributed by atoms with E-state index in [1.165, 1.54) is 23.1 Å². The summed E-state index contributed by atoms with van der Waals surface area (Å²) in [7, 11) is 0. The van der Waals surface area contributed by atoms with Crippen molar-refractivity contribution in [1.29, 1.82) is 0 Å². The quantitative estimate of drug-likeness (QED) is 0.908. The largest absolute Gasteiger partial charge is 0.352 e. The Hall–Kier alpha value is -2.40. The maximum atomic E-state index is 14.1. The fraction of sp³-hybridized carbons (Fsp3) is 0.222. The standard InChI is InChI=1S/C18H16ClFN2O2/c1-11-5-2-3-6-12(11)16-17(23)21-9-10-22(16)18(24)15-13(19)7-4-8-14(15)20/h2-8,16H,9-10H2,1H3,(H,21,23). The molecule has 1 aliphatic rings. The molecule has 0 saturated carbocycles. The molecule has 0 bridgehead atoms. The Morgan fingerprint density at radius 1 is 1.25 bits per heavy atom. The molecular formula is C18H16ClFN2O2. The van der Waals surface area contributed by atoms with Crippen molar-refractivity contribution in [2.24, 2.45) is 0 Å². The van der Waals surface area contributed by atoms with E-state index in [9.17, 15) is 14.0 Å². The molecule has 124 valence electrons. The van der Waals surface area contributed by atoms with Crippen LogP contribution in [0.2, 0.25) is 5.02 Å². The summed E-state index contributed by atoms with van der Waals surface area (Å²) < 4.78 is 14.1. The number of hydrogen-bond acceptors (Lipinski definition) is 2. The Bertz CT molecular complexity index is 789. The summed E-state index contributed by atoms with van der Waals surface area (Å²) in [4.78, 5) is 26.7. The number of carbonyl (C=O) groups excluding carboxylic acids is 2. The summed E-state index contributed by atoms with van der Waals surface area (Å²) in [6.45, 7) is 2.48. The number of rotatable bonds is 2. The molecule has 1 saturated heterocycles. The second-order valence-corrected chi connectivity index (χ2v) is 6.05. The summed E-state index contributed by atoms with van der Waals surface area (Å²) >= 11 is 6.02. The topological polar surface area (TPSA) is 49.4 Å². The summed E-state index contributed by atoms with van der Waals surface area (Å²) in [5.74, 6) is -1.56. The monoisotopic (exact) mass is 346 g/mol. The van der Waals surface area contributed by atoms with E-state index in [1.807, 2.05) is 25.1 Å². The van der Waals surface area contributed by atoms with E-state index in [0.29, 0.717) is 6.54 Å². The molecule has 3 rings (SSSR count). The zero-order chi connectivity index (χ0) is 17.3. The van der Waals surface area contributed by atoms with Gasteiger partial charge < -0.3 is 10.2 Å². The van der Waals surface area contributed by atoms with Crippen LogP contribution in [0.25, 0.3) is 0 Å². The number of nitrogens with one attached hydrogen (secondary N) is 1. The van der Waals surface area contributed by atoms with Gasteiger partial charge in [-0.1, -0.05) is 41.9 Å². The molecule has 0 aliphatic carbocycles. The van der Waals surface area contributed by atoms with E-state index in [4.69, 9.17) is 11.6 Å². The lowest BCUT2D eigenvalue weighted by atomic mass is 9.97. The minimum absolute atomic E-state index is 0.0366. The SMILES string of the molecule is Cc1ccccc1C1C(=O)NCCN1C(=O)c1c(F)cccc1Cl. The smallest absolute Gasteiger partial charge is 0.259 e. The van der Waals surface area contributed by atoms with Crippen molar-refractivity contribution >= 4 is 23.4 Å². The first-order valence-corrected chi connectivity index (χ1v) is 7.96. The molecule has 1 aliphatic heterocycles. The van der Waals surface area contributed by atoms with Crippen LogP contribution in [0.15, 0.2) is 42.5 Å². The molecule has 4 nitrogen and oxygen atoms in total. The van der Waals surface area contributed by atoms with E-state index in [2.05, 4.69) is 5.32 Å². The van der Waals surface area contributed by atoms with Crippen LogP contribution in [0.1, 0.15) is 27.5 Å². The number of halogens is 2. The molecule has 2 aromatic carbocycles. The number of piperazine rings is 1. The number of aryl methyl sites for hydroxylation is 1. The molecular weight excluding hydrogens is 331 g/mol. The number of benzene rings is 2. The van der Waals surface area contributed by atoms with Crippen LogP contribution in [0.4, 0.5) is 4.39 Å². The van der Waals surface area contributed by atoms with E-state index < -0.39 is 17.8 Å². The van der Waals surface area contributed by atoms with Crippen molar-refractivity contribution in [2.75, 3.05) is 13.1 Å². The fourth-order valence-electron chi connectivity index (χ4n) is 2.93. The molecule has 1 N–H and O–H groups in total. The molecule has 6 heteroatoms. The molecule has 1 atom stereocenters. The van der Waals surface area contributed by atoms with Gasteiger partial charge >= 0.3 is 0 Å². The number of amides is 2. The maximum absolute atomic E-state index is 14.1. The highest BCUT2D eigenvalue weighted by Gasteiger charge is 2.36. The Kier molecular flexibility index (Phi) is 4.53. The highest BCUT2D eigenvalue weighted by molar-refractivity contribution is 6.33. The van der Waals surface area contributed by atoms with Crippen molar-refractivity contribution in [3.05, 3.63) is 70.0 Å². The van der Waals surface area contributed by atoms with Gasteiger partial charge in [0.25, 0.3) is 5.91 Å². The normalized spacial score (nSPS) is 17.5. The number of hydrogen-bond donors (Lipinski definition) is 1. The first-order valence-electron chi connectivity index (χ1n) is 7.59. The highest BCUT2D eigenvalue weighted by atomic mass is 35.5. The highest BCUT2D eigenvalue weighted by Crippen LogP contribution is 2.30. The lowest BCUT2D eigenvalue weighted by molar-refractivity contribution is -0.128. The lowest BCUT2D eigenvalue weighted by Crippen LogP contribution is -2.52. The molecule has 1 fully saturated rings. The van der Waals surface area contributed by atoms with Gasteiger partial charge in [-0.05, 0) is 30.2 Å². The van der Waals surface area contributed by atoms with Crippen LogP contribution in [0, 0.1) is 12.7 Å². The number of nitrogens with zero attached hydrogens (tertiary/aromatic N) is 1. The van der Waals surface area contributed by atoms with Crippen LogP contribution >= 0.6 is 11.6 Å². The average Bonchev–Trinajstić information content (AvgIpc) is 2.55. The van der Waals surface area contributed by atoms with Gasteiger partial charge in [0.1, 0.15) is 11.9 Å². The van der Waals surface area contributed by atoms with E-state index in [1.54, 1.807) is 6.07 Å². The molecule has 2 aromatic rings. The second-order valence-electron chi connectivity index (χ2n) is 5.65. The summed E-state index contributed by atoms with van der Waals surface area (Å²) in [6.07, 6.45) is 0. The minimum atomic E-state index is -0.803. The fourth-order valence-corrected chi connectivity index (χ4v) is 3.18. The maximum Gasteiger partial charge on any atom is 0.259 e. The van der Waals surface area contributed by atoms with Gasteiger partial charge in [0, 0.05) is 13.1 Å². The lowest BCUT2D eigenvalue weighted by Gasteiger charge is -2.36. The third-order valence-corrected chi connectivity index (χ3v) is 4.45. The molecule has 0 aromatic heterocycles. The van der Waals surface area contributed by atoms with Crippen molar-refractivity contribution in [3.63, 3.8) is 0 Å². The molecule has 0 spiro atoms. The molecule has 0 radical (unpaired) electrons. The van der Waals surface area contributed by atoms with Crippen LogP contribution in [-0.4, -0.2) is 29.8 Å². The van der Waals surface area contributed by atoms with Crippen molar-refractivity contribution in [1.82, 2.24) is 10.2 Å². The zero-order valence-electron chi connectivity index (χ0n) is 13.1.